The minimum Gasteiger partial charge on any atom is -0.496 e. The van der Waals surface area contributed by atoms with Crippen molar-refractivity contribution in [1.29, 1.82) is 0 Å². The fourth-order valence-corrected chi connectivity index (χ4v) is 3.23. The van der Waals surface area contributed by atoms with Crippen LogP contribution in [0.15, 0.2) is 42.5 Å². The van der Waals surface area contributed by atoms with Gasteiger partial charge >= 0.3 is 0 Å². The second kappa shape index (κ2) is 5.53. The second-order valence-corrected chi connectivity index (χ2v) is 6.04. The van der Waals surface area contributed by atoms with E-state index in [9.17, 15) is 5.11 Å². The monoisotopic (exact) mass is 282 g/mol. The number of aliphatic hydroxyl groups is 1. The van der Waals surface area contributed by atoms with Gasteiger partial charge in [-0.2, -0.15) is 0 Å². The fraction of sp³-hybridized carbons (Fsp3) is 0.368. The van der Waals surface area contributed by atoms with Crippen LogP contribution < -0.4 is 4.74 Å². The summed E-state index contributed by atoms with van der Waals surface area (Å²) in [5, 5.41) is 10.7. The van der Waals surface area contributed by atoms with Gasteiger partial charge in [0.05, 0.1) is 13.2 Å². The standard InChI is InChI=1S/C19H22O2/c1-12-10-18(21-3)13(2)9-15(12)19(20)17-11-16(17)14-7-5-4-6-8-14/h4-10,16-17,19-20H,11H2,1-3H3. The number of benzene rings is 2. The first-order valence-corrected chi connectivity index (χ1v) is 7.50. The van der Waals surface area contributed by atoms with E-state index in [0.717, 1.165) is 28.9 Å². The van der Waals surface area contributed by atoms with Gasteiger partial charge in [-0.25, -0.2) is 0 Å². The molecule has 0 amide bonds. The number of hydrogen-bond donors (Lipinski definition) is 1. The highest BCUT2D eigenvalue weighted by Gasteiger charge is 2.44. The Balaban J connectivity index is 1.81. The number of ether oxygens (including phenoxy) is 1. The Labute approximate surface area is 126 Å². The lowest BCUT2D eigenvalue weighted by Gasteiger charge is -2.17. The lowest BCUT2D eigenvalue weighted by atomic mass is 9.95. The van der Waals surface area contributed by atoms with Crippen LogP contribution in [0.1, 0.15) is 40.7 Å². The van der Waals surface area contributed by atoms with Gasteiger partial charge in [0.15, 0.2) is 0 Å². The summed E-state index contributed by atoms with van der Waals surface area (Å²) in [5.74, 6) is 1.71. The van der Waals surface area contributed by atoms with Gasteiger partial charge in [-0.3, -0.25) is 0 Å². The lowest BCUT2D eigenvalue weighted by Crippen LogP contribution is -2.05. The van der Waals surface area contributed by atoms with Gasteiger partial charge in [0.25, 0.3) is 0 Å². The molecule has 2 aromatic carbocycles. The molecule has 3 rings (SSSR count). The highest BCUT2D eigenvalue weighted by molar-refractivity contribution is 5.43. The molecule has 1 saturated carbocycles. The molecule has 3 unspecified atom stereocenters. The van der Waals surface area contributed by atoms with E-state index >= 15 is 0 Å². The molecular formula is C19H22O2. The van der Waals surface area contributed by atoms with Crippen molar-refractivity contribution in [1.82, 2.24) is 0 Å². The van der Waals surface area contributed by atoms with E-state index in [2.05, 4.69) is 30.3 Å². The molecule has 1 N–H and O–H groups in total. The molecule has 3 atom stereocenters. The quantitative estimate of drug-likeness (QED) is 0.913. The van der Waals surface area contributed by atoms with Crippen LogP contribution in [0.3, 0.4) is 0 Å². The maximum atomic E-state index is 10.7. The highest BCUT2D eigenvalue weighted by atomic mass is 16.5. The number of rotatable bonds is 4. The molecule has 0 spiro atoms. The van der Waals surface area contributed by atoms with Crippen LogP contribution in [0.25, 0.3) is 0 Å². The van der Waals surface area contributed by atoms with Crippen LogP contribution in [0, 0.1) is 19.8 Å². The van der Waals surface area contributed by atoms with Crippen molar-refractivity contribution in [3.8, 4) is 5.75 Å². The SMILES string of the molecule is COc1cc(C)c(C(O)C2CC2c2ccccc2)cc1C. The summed E-state index contributed by atoms with van der Waals surface area (Å²) in [7, 11) is 1.68. The van der Waals surface area contributed by atoms with Crippen LogP contribution in [0.2, 0.25) is 0 Å². The summed E-state index contributed by atoms with van der Waals surface area (Å²) in [6.07, 6.45) is 0.676. The maximum Gasteiger partial charge on any atom is 0.122 e. The van der Waals surface area contributed by atoms with Crippen molar-refractivity contribution in [2.45, 2.75) is 32.3 Å². The molecule has 21 heavy (non-hydrogen) atoms. The van der Waals surface area contributed by atoms with Gasteiger partial charge < -0.3 is 9.84 Å². The zero-order valence-corrected chi connectivity index (χ0v) is 12.8. The van der Waals surface area contributed by atoms with Gasteiger partial charge in [-0.05, 0) is 66.5 Å². The molecule has 0 bridgehead atoms. The van der Waals surface area contributed by atoms with Crippen LogP contribution in [-0.4, -0.2) is 12.2 Å². The number of aliphatic hydroxyl groups excluding tert-OH is 1. The van der Waals surface area contributed by atoms with Crippen LogP contribution in [0.4, 0.5) is 0 Å². The molecule has 0 aromatic heterocycles. The topological polar surface area (TPSA) is 29.5 Å². The van der Waals surface area contributed by atoms with Crippen molar-refractivity contribution in [3.05, 3.63) is 64.7 Å². The lowest BCUT2D eigenvalue weighted by molar-refractivity contribution is 0.150. The van der Waals surface area contributed by atoms with E-state index in [1.165, 1.54) is 5.56 Å². The molecule has 0 aliphatic heterocycles. The second-order valence-electron chi connectivity index (χ2n) is 6.04. The Bertz CT molecular complexity index is 634. The smallest absolute Gasteiger partial charge is 0.122 e. The zero-order chi connectivity index (χ0) is 15.0. The average Bonchev–Trinajstić information content (AvgIpc) is 3.30. The third-order valence-electron chi connectivity index (χ3n) is 4.58. The van der Waals surface area contributed by atoms with Crippen molar-refractivity contribution >= 4 is 0 Å². The van der Waals surface area contributed by atoms with Crippen molar-refractivity contribution in [2.75, 3.05) is 7.11 Å². The Hall–Kier alpha value is -1.80. The Kier molecular flexibility index (Phi) is 3.73. The predicted octanol–water partition coefficient (Wildman–Crippen LogP) is 4.15. The van der Waals surface area contributed by atoms with Gasteiger partial charge in [-0.1, -0.05) is 30.3 Å². The van der Waals surface area contributed by atoms with Gasteiger partial charge in [0, 0.05) is 0 Å². The van der Waals surface area contributed by atoms with E-state index in [1.807, 2.05) is 26.0 Å². The minimum absolute atomic E-state index is 0.332. The molecule has 110 valence electrons. The van der Waals surface area contributed by atoms with Gasteiger partial charge in [0.2, 0.25) is 0 Å². The van der Waals surface area contributed by atoms with E-state index in [1.54, 1.807) is 7.11 Å². The van der Waals surface area contributed by atoms with E-state index in [4.69, 9.17) is 4.74 Å². The Morgan fingerprint density at radius 2 is 1.81 bits per heavy atom. The summed E-state index contributed by atoms with van der Waals surface area (Å²) in [6.45, 7) is 4.07. The van der Waals surface area contributed by atoms with Crippen LogP contribution in [-0.2, 0) is 0 Å². The molecule has 0 radical (unpaired) electrons. The van der Waals surface area contributed by atoms with Crippen molar-refractivity contribution in [3.63, 3.8) is 0 Å². The molecule has 0 heterocycles. The van der Waals surface area contributed by atoms with Crippen molar-refractivity contribution < 1.29 is 9.84 Å². The molecule has 1 fully saturated rings. The first-order valence-electron chi connectivity index (χ1n) is 7.50. The molecule has 1 aliphatic carbocycles. The normalized spacial score (nSPS) is 21.9. The molecular weight excluding hydrogens is 260 g/mol. The average molecular weight is 282 g/mol. The van der Waals surface area contributed by atoms with Gasteiger partial charge in [-0.15, -0.1) is 0 Å². The number of hydrogen-bond acceptors (Lipinski definition) is 2. The maximum absolute atomic E-state index is 10.7. The minimum atomic E-state index is -0.389. The summed E-state index contributed by atoms with van der Waals surface area (Å²) >= 11 is 0. The first kappa shape index (κ1) is 14.2. The summed E-state index contributed by atoms with van der Waals surface area (Å²) < 4.78 is 5.35. The first-order chi connectivity index (χ1) is 10.1. The summed E-state index contributed by atoms with van der Waals surface area (Å²) in [4.78, 5) is 0. The molecule has 0 saturated heterocycles. The Morgan fingerprint density at radius 1 is 1.10 bits per heavy atom. The summed E-state index contributed by atoms with van der Waals surface area (Å²) in [6, 6.07) is 14.6. The predicted molar refractivity (Wildman–Crippen MR) is 84.7 cm³/mol. The zero-order valence-electron chi connectivity index (χ0n) is 12.8. The van der Waals surface area contributed by atoms with Crippen molar-refractivity contribution in [2.24, 2.45) is 5.92 Å². The third-order valence-corrected chi connectivity index (χ3v) is 4.58. The molecule has 1 aliphatic rings. The van der Waals surface area contributed by atoms with Crippen LogP contribution in [0.5, 0.6) is 5.75 Å². The summed E-state index contributed by atoms with van der Waals surface area (Å²) in [5.41, 5.74) is 4.55. The van der Waals surface area contributed by atoms with Crippen LogP contribution >= 0.6 is 0 Å². The van der Waals surface area contributed by atoms with E-state index < -0.39 is 0 Å². The Morgan fingerprint density at radius 3 is 2.48 bits per heavy atom. The largest absolute Gasteiger partial charge is 0.496 e. The third kappa shape index (κ3) is 2.68. The van der Waals surface area contributed by atoms with Gasteiger partial charge in [0.1, 0.15) is 5.75 Å². The fourth-order valence-electron chi connectivity index (χ4n) is 3.23. The molecule has 2 aromatic rings. The number of methoxy groups -OCH3 is 1. The highest BCUT2D eigenvalue weighted by Crippen LogP contribution is 2.54. The van der Waals surface area contributed by atoms with E-state index in [0.29, 0.717) is 11.8 Å². The molecule has 2 heteroatoms. The van der Waals surface area contributed by atoms with E-state index in [-0.39, 0.29) is 6.10 Å². The number of aryl methyl sites for hydroxylation is 2. The molecule has 2 nitrogen and oxygen atoms in total.